The van der Waals surface area contributed by atoms with Crippen molar-refractivity contribution in [1.82, 2.24) is 25.9 Å². The molecule has 38 heavy (non-hydrogen) atoms. The molecule has 3 amide bonds. The minimum absolute atomic E-state index is 0.0973. The predicted octanol–water partition coefficient (Wildman–Crippen LogP) is -1.62. The van der Waals surface area contributed by atoms with Gasteiger partial charge >= 0.3 is 5.97 Å². The van der Waals surface area contributed by atoms with E-state index in [1.165, 1.54) is 29.9 Å². The molecule has 1 aromatic rings. The maximum atomic E-state index is 13.2. The number of amides is 3. The molecule has 0 spiro atoms. The minimum Gasteiger partial charge on any atom is -0.480 e. The van der Waals surface area contributed by atoms with E-state index in [-0.39, 0.29) is 38.2 Å². The highest BCUT2D eigenvalue weighted by Gasteiger charge is 2.30. The molecular formula is C22H39N9O5S2. The first-order chi connectivity index (χ1) is 18.1. The maximum Gasteiger partial charge on any atom is 0.326 e. The molecular weight excluding hydrogens is 534 g/mol. The summed E-state index contributed by atoms with van der Waals surface area (Å²) in [6.07, 6.45) is 7.93. The molecule has 16 heteroatoms. The molecule has 1 aromatic heterocycles. The number of hydrogen-bond donors (Lipinski definition) is 8. The van der Waals surface area contributed by atoms with Crippen LogP contribution in [0.3, 0.4) is 0 Å². The lowest BCUT2D eigenvalue weighted by Crippen LogP contribution is -2.57. The molecule has 0 bridgehead atoms. The Kier molecular flexibility index (Phi) is 15.9. The number of carbonyl (C=O) groups excluding carboxylic acids is 3. The Balaban J connectivity index is 2.97. The quantitative estimate of drug-likeness (QED) is 0.0531. The molecule has 14 nitrogen and oxygen atoms in total. The lowest BCUT2D eigenvalue weighted by Gasteiger charge is -2.25. The second kappa shape index (κ2) is 18.3. The molecule has 214 valence electrons. The Morgan fingerprint density at radius 2 is 1.53 bits per heavy atom. The number of hydrogen-bond acceptors (Lipinski definition) is 9. The lowest BCUT2D eigenvalue weighted by molar-refractivity contribution is -0.142. The van der Waals surface area contributed by atoms with Gasteiger partial charge in [-0.2, -0.15) is 23.5 Å². The maximum absolute atomic E-state index is 13.2. The average Bonchev–Trinajstić information content (AvgIpc) is 3.38. The highest BCUT2D eigenvalue weighted by Crippen LogP contribution is 2.07. The summed E-state index contributed by atoms with van der Waals surface area (Å²) in [5.41, 5.74) is 17.4. The second-order valence-corrected chi connectivity index (χ2v) is 10.4. The Hall–Kier alpha value is -2.98. The molecule has 1 heterocycles. The number of nitrogens with zero attached hydrogens (tertiary/aromatic N) is 2. The number of guanidine groups is 1. The van der Waals surface area contributed by atoms with Crippen molar-refractivity contribution < 1.29 is 24.3 Å². The van der Waals surface area contributed by atoms with Crippen LogP contribution in [0.4, 0.5) is 0 Å². The molecule has 0 saturated carbocycles. The van der Waals surface area contributed by atoms with E-state index < -0.39 is 47.9 Å². The van der Waals surface area contributed by atoms with Crippen LogP contribution < -0.4 is 33.2 Å². The summed E-state index contributed by atoms with van der Waals surface area (Å²) in [6, 6.07) is -4.06. The number of nitrogens with one attached hydrogen (secondary N) is 4. The van der Waals surface area contributed by atoms with E-state index in [1.54, 1.807) is 6.20 Å². The first-order valence-electron chi connectivity index (χ1n) is 12.0. The topological polar surface area (TPSA) is 244 Å². The van der Waals surface area contributed by atoms with Crippen LogP contribution in [0.5, 0.6) is 0 Å². The Morgan fingerprint density at radius 1 is 0.974 bits per heavy atom. The molecule has 0 aliphatic heterocycles. The fourth-order valence-corrected chi connectivity index (χ4v) is 4.26. The van der Waals surface area contributed by atoms with Crippen molar-refractivity contribution in [2.45, 2.75) is 56.3 Å². The van der Waals surface area contributed by atoms with Gasteiger partial charge in [-0.15, -0.1) is 0 Å². The van der Waals surface area contributed by atoms with Crippen molar-refractivity contribution >= 4 is 53.2 Å². The highest BCUT2D eigenvalue weighted by molar-refractivity contribution is 7.98. The van der Waals surface area contributed by atoms with E-state index in [1.807, 2.05) is 12.5 Å². The van der Waals surface area contributed by atoms with Gasteiger partial charge in [-0.05, 0) is 49.7 Å². The molecule has 4 atom stereocenters. The van der Waals surface area contributed by atoms with E-state index in [4.69, 9.17) is 17.2 Å². The van der Waals surface area contributed by atoms with Crippen LogP contribution in [0.15, 0.2) is 17.5 Å². The number of carboxylic acids is 1. The van der Waals surface area contributed by atoms with Crippen LogP contribution in [0.2, 0.25) is 0 Å². The third-order valence-electron chi connectivity index (χ3n) is 5.38. The van der Waals surface area contributed by atoms with Gasteiger partial charge in [0.15, 0.2) is 5.96 Å². The fraction of sp³-hybridized carbons (Fsp3) is 0.636. The number of H-pyrrole nitrogens is 1. The number of carboxylic acid groups (broad SMARTS) is 1. The van der Waals surface area contributed by atoms with E-state index >= 15 is 0 Å². The predicted molar refractivity (Wildman–Crippen MR) is 150 cm³/mol. The van der Waals surface area contributed by atoms with Crippen molar-refractivity contribution in [1.29, 1.82) is 0 Å². The number of aliphatic carboxylic acids is 1. The zero-order valence-corrected chi connectivity index (χ0v) is 23.3. The van der Waals surface area contributed by atoms with E-state index in [9.17, 15) is 24.3 Å². The SMILES string of the molecule is CSCCC(NC(=O)C(CCSC)NC(=O)C(CCCN=C(N)N)NC(=O)C(N)Cc1cnc[nH]1)C(=O)O. The van der Waals surface area contributed by atoms with Crippen molar-refractivity contribution in [2.24, 2.45) is 22.2 Å². The van der Waals surface area contributed by atoms with Gasteiger partial charge in [0.1, 0.15) is 18.1 Å². The summed E-state index contributed by atoms with van der Waals surface area (Å²) in [4.78, 5) is 61.2. The van der Waals surface area contributed by atoms with Gasteiger partial charge in [-0.25, -0.2) is 9.78 Å². The Labute approximate surface area is 230 Å². The largest absolute Gasteiger partial charge is 0.480 e. The molecule has 0 fully saturated rings. The zero-order valence-electron chi connectivity index (χ0n) is 21.6. The summed E-state index contributed by atoms with van der Waals surface area (Å²) in [5.74, 6) is -1.94. The molecule has 4 unspecified atom stereocenters. The van der Waals surface area contributed by atoms with Crippen LogP contribution in [0, 0.1) is 0 Å². The summed E-state index contributed by atoms with van der Waals surface area (Å²) in [6.45, 7) is 0.230. The highest BCUT2D eigenvalue weighted by atomic mass is 32.2. The van der Waals surface area contributed by atoms with Crippen molar-refractivity contribution in [3.05, 3.63) is 18.2 Å². The number of aromatic nitrogens is 2. The van der Waals surface area contributed by atoms with Crippen LogP contribution in [0.25, 0.3) is 0 Å². The molecule has 0 aliphatic carbocycles. The Morgan fingerprint density at radius 3 is 2.05 bits per heavy atom. The smallest absolute Gasteiger partial charge is 0.326 e. The van der Waals surface area contributed by atoms with Crippen molar-refractivity contribution in [2.75, 3.05) is 30.6 Å². The number of carbonyl (C=O) groups is 4. The normalized spacial score (nSPS) is 14.0. The lowest BCUT2D eigenvalue weighted by atomic mass is 10.1. The second-order valence-electron chi connectivity index (χ2n) is 8.42. The monoisotopic (exact) mass is 573 g/mol. The van der Waals surface area contributed by atoms with Gasteiger partial charge in [0.2, 0.25) is 17.7 Å². The third kappa shape index (κ3) is 13.0. The van der Waals surface area contributed by atoms with E-state index in [0.29, 0.717) is 23.6 Å². The van der Waals surface area contributed by atoms with Crippen molar-refractivity contribution in [3.63, 3.8) is 0 Å². The average molecular weight is 574 g/mol. The van der Waals surface area contributed by atoms with Gasteiger partial charge in [0, 0.05) is 24.9 Å². The summed E-state index contributed by atoms with van der Waals surface area (Å²) in [5, 5.41) is 17.3. The number of aliphatic imine (C=N–C) groups is 1. The van der Waals surface area contributed by atoms with Crippen molar-refractivity contribution in [3.8, 4) is 0 Å². The van der Waals surface area contributed by atoms with Crippen LogP contribution in [0.1, 0.15) is 31.4 Å². The number of imidazole rings is 1. The first-order valence-corrected chi connectivity index (χ1v) is 14.8. The number of nitrogens with two attached hydrogens (primary N) is 3. The van der Waals surface area contributed by atoms with Gasteiger partial charge in [0.25, 0.3) is 0 Å². The minimum atomic E-state index is -1.15. The summed E-state index contributed by atoms with van der Waals surface area (Å²) < 4.78 is 0. The summed E-state index contributed by atoms with van der Waals surface area (Å²) in [7, 11) is 0. The first kappa shape index (κ1) is 33.0. The number of thioether (sulfide) groups is 2. The van der Waals surface area contributed by atoms with E-state index in [2.05, 4.69) is 30.9 Å². The van der Waals surface area contributed by atoms with Crippen LogP contribution in [-0.4, -0.2) is 99.5 Å². The fourth-order valence-electron chi connectivity index (χ4n) is 3.32. The molecule has 0 aliphatic rings. The van der Waals surface area contributed by atoms with Crippen LogP contribution >= 0.6 is 23.5 Å². The van der Waals surface area contributed by atoms with Gasteiger partial charge in [-0.1, -0.05) is 0 Å². The Bertz CT molecular complexity index is 913. The molecule has 1 rings (SSSR count). The number of aromatic amines is 1. The number of rotatable bonds is 19. The molecule has 11 N–H and O–H groups in total. The standard InChI is InChI=1S/C22H39N9O5S2/c1-37-8-5-16(20(34)31-17(21(35)36)6-9-38-2)30-19(33)15(4-3-7-27-22(24)25)29-18(32)14(23)10-13-11-26-12-28-13/h11-12,14-17H,3-10,23H2,1-2H3,(H,26,28)(H,29,32)(H,30,33)(H,31,34)(H,35,36)(H4,24,25,27). The summed E-state index contributed by atoms with van der Waals surface area (Å²) >= 11 is 2.94. The molecule has 0 saturated heterocycles. The van der Waals surface area contributed by atoms with E-state index in [0.717, 1.165) is 0 Å². The zero-order chi connectivity index (χ0) is 28.5. The molecule has 0 aromatic carbocycles. The van der Waals surface area contributed by atoms with Gasteiger partial charge < -0.3 is 43.2 Å². The third-order valence-corrected chi connectivity index (χ3v) is 6.67. The van der Waals surface area contributed by atoms with Crippen LogP contribution in [-0.2, 0) is 25.6 Å². The molecule has 0 radical (unpaired) electrons. The van der Waals surface area contributed by atoms with Gasteiger partial charge in [-0.3, -0.25) is 19.4 Å². The van der Waals surface area contributed by atoms with Gasteiger partial charge in [0.05, 0.1) is 12.4 Å².